The molecule has 0 unspecified atom stereocenters. The van der Waals surface area contributed by atoms with Gasteiger partial charge in [0.15, 0.2) is 0 Å². The van der Waals surface area contributed by atoms with Gasteiger partial charge in [-0.1, -0.05) is 206 Å². The van der Waals surface area contributed by atoms with E-state index in [0.717, 1.165) is 32.1 Å². The molecule has 0 aliphatic carbocycles. The monoisotopic (exact) mass is 653 g/mol. The van der Waals surface area contributed by atoms with Crippen molar-refractivity contribution in [3.8, 4) is 0 Å². The fourth-order valence-electron chi connectivity index (χ4n) is 6.60. The minimum atomic E-state index is 0.0348. The lowest BCUT2D eigenvalue weighted by Crippen LogP contribution is -2.19. The molecule has 0 N–H and O–H groups in total. The Hall–Kier alpha value is -0.610. The van der Waals surface area contributed by atoms with Crippen molar-refractivity contribution in [2.24, 2.45) is 5.92 Å². The molecule has 0 aromatic carbocycles. The zero-order valence-electron chi connectivity index (χ0n) is 31.9. The Morgan fingerprint density at radius 3 is 1.04 bits per heavy atom. The molecule has 0 atom stereocenters. The van der Waals surface area contributed by atoms with Crippen molar-refractivity contribution in [2.75, 3.05) is 33.5 Å². The van der Waals surface area contributed by atoms with E-state index in [4.69, 9.17) is 14.2 Å². The third-order valence-corrected chi connectivity index (χ3v) is 9.75. The topological polar surface area (TPSA) is 44.8 Å². The van der Waals surface area contributed by atoms with Crippen LogP contribution in [0.5, 0.6) is 0 Å². The molecular formula is C42H84O4. The van der Waals surface area contributed by atoms with Crippen LogP contribution in [0.2, 0.25) is 0 Å². The van der Waals surface area contributed by atoms with Gasteiger partial charge in [-0.05, 0) is 12.8 Å². The van der Waals surface area contributed by atoms with Crippen molar-refractivity contribution in [1.29, 1.82) is 0 Å². The summed E-state index contributed by atoms with van der Waals surface area (Å²) in [5, 5.41) is 0. The van der Waals surface area contributed by atoms with E-state index < -0.39 is 0 Å². The molecule has 4 heteroatoms. The minimum Gasteiger partial charge on any atom is -0.465 e. The van der Waals surface area contributed by atoms with Gasteiger partial charge in [0, 0.05) is 20.1 Å². The molecule has 0 aliphatic rings. The van der Waals surface area contributed by atoms with Gasteiger partial charge in [0.2, 0.25) is 0 Å². The number of carbonyl (C=O) groups is 1. The SMILES string of the molecule is CCCCCCCCCCCCCCCCCC(CCCCCCCCCCCCCCCCC)C(=O)OCCCOCCOC. The largest absolute Gasteiger partial charge is 0.465 e. The average Bonchev–Trinajstić information content (AvgIpc) is 3.06. The first-order chi connectivity index (χ1) is 22.8. The number of rotatable bonds is 40. The summed E-state index contributed by atoms with van der Waals surface area (Å²) >= 11 is 0. The third-order valence-electron chi connectivity index (χ3n) is 9.75. The van der Waals surface area contributed by atoms with Crippen LogP contribution >= 0.6 is 0 Å². The Balaban J connectivity index is 3.96. The zero-order valence-corrected chi connectivity index (χ0v) is 31.9. The van der Waals surface area contributed by atoms with Crippen molar-refractivity contribution in [2.45, 2.75) is 226 Å². The summed E-state index contributed by atoms with van der Waals surface area (Å²) in [6.07, 6.45) is 44.1. The van der Waals surface area contributed by atoms with Crippen LogP contribution < -0.4 is 0 Å². The van der Waals surface area contributed by atoms with Crippen molar-refractivity contribution >= 4 is 5.97 Å². The van der Waals surface area contributed by atoms with Gasteiger partial charge in [-0.15, -0.1) is 0 Å². The van der Waals surface area contributed by atoms with Gasteiger partial charge >= 0.3 is 5.97 Å². The van der Waals surface area contributed by atoms with Gasteiger partial charge in [-0.3, -0.25) is 4.79 Å². The van der Waals surface area contributed by atoms with E-state index in [9.17, 15) is 4.79 Å². The van der Waals surface area contributed by atoms with E-state index in [0.29, 0.717) is 26.4 Å². The molecule has 0 rings (SSSR count). The van der Waals surface area contributed by atoms with Crippen molar-refractivity contribution in [1.82, 2.24) is 0 Å². The van der Waals surface area contributed by atoms with E-state index in [1.807, 2.05) is 0 Å². The summed E-state index contributed by atoms with van der Waals surface area (Å²) in [6.45, 7) is 6.90. The highest BCUT2D eigenvalue weighted by Crippen LogP contribution is 2.22. The van der Waals surface area contributed by atoms with Crippen molar-refractivity contribution in [3.05, 3.63) is 0 Å². The second kappa shape index (κ2) is 40.6. The van der Waals surface area contributed by atoms with Crippen LogP contribution in [0.15, 0.2) is 0 Å². The molecule has 276 valence electrons. The molecule has 0 aliphatic heterocycles. The predicted octanol–water partition coefficient (Wildman–Crippen LogP) is 13.7. The third kappa shape index (κ3) is 36.2. The lowest BCUT2D eigenvalue weighted by molar-refractivity contribution is -0.149. The molecule has 0 aromatic rings. The Bertz CT molecular complexity index is 532. The number of ether oxygens (including phenoxy) is 3. The van der Waals surface area contributed by atoms with E-state index >= 15 is 0 Å². The molecule has 0 radical (unpaired) electrons. The Kier molecular flexibility index (Phi) is 40.0. The number of esters is 1. The minimum absolute atomic E-state index is 0.0348. The second-order valence-corrected chi connectivity index (χ2v) is 14.3. The van der Waals surface area contributed by atoms with Crippen LogP contribution in [0.3, 0.4) is 0 Å². The van der Waals surface area contributed by atoms with Gasteiger partial charge in [0.1, 0.15) is 0 Å². The van der Waals surface area contributed by atoms with Crippen molar-refractivity contribution < 1.29 is 19.0 Å². The van der Waals surface area contributed by atoms with E-state index in [1.165, 1.54) is 180 Å². The lowest BCUT2D eigenvalue weighted by Gasteiger charge is -2.16. The maximum absolute atomic E-state index is 13.0. The van der Waals surface area contributed by atoms with Gasteiger partial charge in [-0.25, -0.2) is 0 Å². The first-order valence-electron chi connectivity index (χ1n) is 21.0. The molecule has 4 nitrogen and oxygen atoms in total. The van der Waals surface area contributed by atoms with Crippen LogP contribution in [-0.2, 0) is 19.0 Å². The van der Waals surface area contributed by atoms with Crippen molar-refractivity contribution in [3.63, 3.8) is 0 Å². The Labute approximate surface area is 289 Å². The second-order valence-electron chi connectivity index (χ2n) is 14.3. The maximum atomic E-state index is 13.0. The molecular weight excluding hydrogens is 568 g/mol. The maximum Gasteiger partial charge on any atom is 0.308 e. The normalized spacial score (nSPS) is 11.6. The van der Waals surface area contributed by atoms with Crippen LogP contribution in [0.1, 0.15) is 226 Å². The Morgan fingerprint density at radius 1 is 0.391 bits per heavy atom. The molecule has 0 spiro atoms. The van der Waals surface area contributed by atoms with Gasteiger partial charge < -0.3 is 14.2 Å². The fourth-order valence-corrected chi connectivity index (χ4v) is 6.60. The molecule has 0 fully saturated rings. The highest BCUT2D eigenvalue weighted by Gasteiger charge is 2.19. The predicted molar refractivity (Wildman–Crippen MR) is 201 cm³/mol. The van der Waals surface area contributed by atoms with Crippen LogP contribution in [0.25, 0.3) is 0 Å². The molecule has 0 aromatic heterocycles. The summed E-state index contributed by atoms with van der Waals surface area (Å²) in [5.41, 5.74) is 0. The molecule has 46 heavy (non-hydrogen) atoms. The summed E-state index contributed by atoms with van der Waals surface area (Å²) in [7, 11) is 1.68. The highest BCUT2D eigenvalue weighted by molar-refractivity contribution is 5.72. The van der Waals surface area contributed by atoms with Gasteiger partial charge in [0.05, 0.1) is 25.7 Å². The van der Waals surface area contributed by atoms with Gasteiger partial charge in [0.25, 0.3) is 0 Å². The van der Waals surface area contributed by atoms with Gasteiger partial charge in [-0.2, -0.15) is 0 Å². The summed E-state index contributed by atoms with van der Waals surface area (Å²) < 4.78 is 16.2. The Morgan fingerprint density at radius 2 is 0.717 bits per heavy atom. The number of unbranched alkanes of at least 4 members (excludes halogenated alkanes) is 28. The summed E-state index contributed by atoms with van der Waals surface area (Å²) in [5.74, 6) is 0.117. The van der Waals surface area contributed by atoms with Crippen LogP contribution in [-0.4, -0.2) is 39.5 Å². The standard InChI is InChI=1S/C42H84O4/c1-4-6-8-10-12-14-16-18-20-22-24-26-28-30-32-35-41(42(43)46-38-34-37-45-40-39-44-3)36-33-31-29-27-25-23-21-19-17-15-13-11-9-7-5-2/h41H,4-40H2,1-3H3. The smallest absolute Gasteiger partial charge is 0.308 e. The quantitative estimate of drug-likeness (QED) is 0.0488. The zero-order chi connectivity index (χ0) is 33.4. The number of methoxy groups -OCH3 is 1. The van der Waals surface area contributed by atoms with E-state index in [1.54, 1.807) is 7.11 Å². The number of carbonyl (C=O) groups excluding carboxylic acids is 1. The highest BCUT2D eigenvalue weighted by atomic mass is 16.5. The van der Waals surface area contributed by atoms with Crippen LogP contribution in [0.4, 0.5) is 0 Å². The van der Waals surface area contributed by atoms with E-state index in [-0.39, 0.29) is 11.9 Å². The van der Waals surface area contributed by atoms with E-state index in [2.05, 4.69) is 13.8 Å². The summed E-state index contributed by atoms with van der Waals surface area (Å²) in [4.78, 5) is 13.0. The molecule has 0 amide bonds. The molecule has 0 bridgehead atoms. The molecule has 0 saturated heterocycles. The molecule has 0 heterocycles. The molecule has 0 saturated carbocycles. The average molecular weight is 653 g/mol. The fraction of sp³-hybridized carbons (Fsp3) is 0.976. The van der Waals surface area contributed by atoms with Crippen LogP contribution in [0, 0.1) is 5.92 Å². The first-order valence-corrected chi connectivity index (χ1v) is 21.0. The number of hydrogen-bond acceptors (Lipinski definition) is 4. The first kappa shape index (κ1) is 45.4. The number of hydrogen-bond donors (Lipinski definition) is 0. The summed E-state index contributed by atoms with van der Waals surface area (Å²) in [6, 6.07) is 0. The lowest BCUT2D eigenvalue weighted by atomic mass is 9.94.